The summed E-state index contributed by atoms with van der Waals surface area (Å²) in [7, 11) is 0. The lowest BCUT2D eigenvalue weighted by Crippen LogP contribution is -2.15. The fourth-order valence-electron chi connectivity index (χ4n) is 1.56. The second-order valence-corrected chi connectivity index (χ2v) is 4.44. The molecule has 1 unspecified atom stereocenters. The number of hydrogen-bond donors (Lipinski definition) is 1. The number of nitrogens with two attached hydrogens (primary N) is 1. The van der Waals surface area contributed by atoms with Crippen LogP contribution in [-0.2, 0) is 6.42 Å². The molecule has 1 rings (SSSR count). The fraction of sp³-hybridized carbons (Fsp3) is 0.467. The maximum atomic E-state index is 5.73. The predicted molar refractivity (Wildman–Crippen MR) is 73.3 cm³/mol. The van der Waals surface area contributed by atoms with Gasteiger partial charge in [0.25, 0.3) is 0 Å². The van der Waals surface area contributed by atoms with E-state index in [1.807, 2.05) is 25.1 Å². The van der Waals surface area contributed by atoms with Crippen LogP contribution in [0.3, 0.4) is 0 Å². The second kappa shape index (κ2) is 7.91. The molecule has 0 amide bonds. The molecule has 1 aromatic rings. The van der Waals surface area contributed by atoms with E-state index in [1.54, 1.807) is 0 Å². The van der Waals surface area contributed by atoms with Crippen molar-refractivity contribution in [2.75, 3.05) is 6.61 Å². The topological polar surface area (TPSA) is 35.2 Å². The van der Waals surface area contributed by atoms with E-state index < -0.39 is 0 Å². The third kappa shape index (κ3) is 6.12. The molecule has 2 heteroatoms. The van der Waals surface area contributed by atoms with Crippen LogP contribution in [-0.4, -0.2) is 12.6 Å². The molecular weight excluding hydrogens is 210 g/mol. The minimum absolute atomic E-state index is 0.268. The fourth-order valence-corrected chi connectivity index (χ4v) is 1.56. The smallest absolute Gasteiger partial charge is 0.119 e. The van der Waals surface area contributed by atoms with Crippen molar-refractivity contribution >= 4 is 0 Å². The Morgan fingerprint density at radius 2 is 2.06 bits per heavy atom. The Bertz CT molecular complexity index is 316. The number of aryl methyl sites for hydroxylation is 1. The van der Waals surface area contributed by atoms with Gasteiger partial charge in [-0.05, 0) is 50.3 Å². The van der Waals surface area contributed by atoms with Gasteiger partial charge in [-0.2, -0.15) is 0 Å². The first-order valence-electron chi connectivity index (χ1n) is 6.30. The maximum absolute atomic E-state index is 5.73. The molecule has 0 bridgehead atoms. The zero-order valence-electron chi connectivity index (χ0n) is 10.7. The van der Waals surface area contributed by atoms with E-state index in [9.17, 15) is 0 Å². The summed E-state index contributed by atoms with van der Waals surface area (Å²) in [6.07, 6.45) is 6.01. The normalized spacial score (nSPS) is 12.1. The highest BCUT2D eigenvalue weighted by atomic mass is 16.5. The minimum atomic E-state index is 0.268. The van der Waals surface area contributed by atoms with Crippen LogP contribution in [0.1, 0.15) is 31.7 Å². The molecule has 1 atom stereocenters. The molecule has 0 fully saturated rings. The number of hydrogen-bond acceptors (Lipinski definition) is 2. The van der Waals surface area contributed by atoms with E-state index >= 15 is 0 Å². The molecule has 0 aromatic heterocycles. The molecule has 94 valence electrons. The van der Waals surface area contributed by atoms with Crippen molar-refractivity contribution in [2.24, 2.45) is 5.73 Å². The summed E-state index contributed by atoms with van der Waals surface area (Å²) >= 11 is 0. The maximum Gasteiger partial charge on any atom is 0.119 e. The number of allylic oxidation sites excluding steroid dienone is 1. The lowest BCUT2D eigenvalue weighted by molar-refractivity contribution is 0.312. The molecule has 0 spiro atoms. The van der Waals surface area contributed by atoms with E-state index in [0.29, 0.717) is 0 Å². The van der Waals surface area contributed by atoms with Gasteiger partial charge in [0.05, 0.1) is 6.61 Å². The Morgan fingerprint density at radius 3 is 2.65 bits per heavy atom. The van der Waals surface area contributed by atoms with Gasteiger partial charge in [0.2, 0.25) is 0 Å². The third-order valence-electron chi connectivity index (χ3n) is 2.63. The average molecular weight is 233 g/mol. The predicted octanol–water partition coefficient (Wildman–Crippen LogP) is 3.31. The van der Waals surface area contributed by atoms with Crippen LogP contribution in [0.5, 0.6) is 5.75 Å². The van der Waals surface area contributed by atoms with Gasteiger partial charge in [0.1, 0.15) is 5.75 Å². The molecule has 1 aromatic carbocycles. The van der Waals surface area contributed by atoms with Gasteiger partial charge in [-0.1, -0.05) is 18.2 Å². The number of benzene rings is 1. The molecule has 17 heavy (non-hydrogen) atoms. The summed E-state index contributed by atoms with van der Waals surface area (Å²) < 4.78 is 5.62. The SMILES string of the molecule is C=CCCCOc1ccc(CCC(C)N)cc1. The zero-order chi connectivity index (χ0) is 12.5. The van der Waals surface area contributed by atoms with Crippen molar-refractivity contribution in [3.8, 4) is 5.75 Å². The quantitative estimate of drug-likeness (QED) is 0.552. The van der Waals surface area contributed by atoms with Crippen molar-refractivity contribution in [3.05, 3.63) is 42.5 Å². The first kappa shape index (κ1) is 13.8. The molecule has 0 saturated carbocycles. The summed E-state index contributed by atoms with van der Waals surface area (Å²) in [6, 6.07) is 8.57. The van der Waals surface area contributed by atoms with E-state index in [0.717, 1.165) is 38.0 Å². The lowest BCUT2D eigenvalue weighted by Gasteiger charge is -2.07. The molecular formula is C15H23NO. The second-order valence-electron chi connectivity index (χ2n) is 4.44. The summed E-state index contributed by atoms with van der Waals surface area (Å²) in [4.78, 5) is 0. The lowest BCUT2D eigenvalue weighted by atomic mass is 10.1. The largest absolute Gasteiger partial charge is 0.494 e. The summed E-state index contributed by atoms with van der Waals surface area (Å²) in [5, 5.41) is 0. The van der Waals surface area contributed by atoms with Crippen LogP contribution in [0.4, 0.5) is 0 Å². The first-order valence-corrected chi connectivity index (χ1v) is 6.30. The van der Waals surface area contributed by atoms with Crippen molar-refractivity contribution < 1.29 is 4.74 Å². The van der Waals surface area contributed by atoms with Gasteiger partial charge in [-0.25, -0.2) is 0 Å². The van der Waals surface area contributed by atoms with Crippen molar-refractivity contribution in [2.45, 2.75) is 38.6 Å². The monoisotopic (exact) mass is 233 g/mol. The van der Waals surface area contributed by atoms with Crippen LogP contribution in [0.25, 0.3) is 0 Å². The van der Waals surface area contributed by atoms with Crippen LogP contribution < -0.4 is 10.5 Å². The standard InChI is InChI=1S/C15H23NO/c1-3-4-5-12-17-15-10-8-14(9-11-15)7-6-13(2)16/h3,8-11,13H,1,4-7,12,16H2,2H3. The summed E-state index contributed by atoms with van der Waals surface area (Å²) in [5.74, 6) is 0.943. The van der Waals surface area contributed by atoms with Gasteiger partial charge in [0, 0.05) is 6.04 Å². The molecule has 0 aliphatic carbocycles. The Labute approximate surface area is 104 Å². The van der Waals surface area contributed by atoms with Gasteiger partial charge >= 0.3 is 0 Å². The van der Waals surface area contributed by atoms with Crippen molar-refractivity contribution in [3.63, 3.8) is 0 Å². The van der Waals surface area contributed by atoms with E-state index in [1.165, 1.54) is 5.56 Å². The summed E-state index contributed by atoms with van der Waals surface area (Å²) in [5.41, 5.74) is 7.05. The highest BCUT2D eigenvalue weighted by Gasteiger charge is 1.98. The Balaban J connectivity index is 2.31. The Kier molecular flexibility index (Phi) is 6.41. The van der Waals surface area contributed by atoms with Crippen molar-refractivity contribution in [1.29, 1.82) is 0 Å². The van der Waals surface area contributed by atoms with Gasteiger partial charge < -0.3 is 10.5 Å². The van der Waals surface area contributed by atoms with E-state index in [4.69, 9.17) is 10.5 Å². The van der Waals surface area contributed by atoms with Crippen LogP contribution in [0, 0.1) is 0 Å². The van der Waals surface area contributed by atoms with Gasteiger partial charge in [0.15, 0.2) is 0 Å². The number of rotatable bonds is 8. The number of ether oxygens (including phenoxy) is 1. The average Bonchev–Trinajstić information content (AvgIpc) is 2.33. The van der Waals surface area contributed by atoms with Crippen LogP contribution >= 0.6 is 0 Å². The highest BCUT2D eigenvalue weighted by molar-refractivity contribution is 5.27. The molecule has 2 N–H and O–H groups in total. The summed E-state index contributed by atoms with van der Waals surface area (Å²) in [6.45, 7) is 6.48. The Hall–Kier alpha value is -1.28. The van der Waals surface area contributed by atoms with E-state index in [-0.39, 0.29) is 6.04 Å². The first-order chi connectivity index (χ1) is 8.22. The van der Waals surface area contributed by atoms with Crippen LogP contribution in [0.15, 0.2) is 36.9 Å². The molecule has 0 radical (unpaired) electrons. The highest BCUT2D eigenvalue weighted by Crippen LogP contribution is 2.14. The Morgan fingerprint density at radius 1 is 1.35 bits per heavy atom. The molecule has 2 nitrogen and oxygen atoms in total. The zero-order valence-corrected chi connectivity index (χ0v) is 10.7. The van der Waals surface area contributed by atoms with E-state index in [2.05, 4.69) is 18.7 Å². The molecule has 0 aliphatic heterocycles. The molecule has 0 heterocycles. The van der Waals surface area contributed by atoms with Crippen LogP contribution in [0.2, 0.25) is 0 Å². The third-order valence-corrected chi connectivity index (χ3v) is 2.63. The van der Waals surface area contributed by atoms with Gasteiger partial charge in [-0.15, -0.1) is 6.58 Å². The van der Waals surface area contributed by atoms with Gasteiger partial charge in [-0.3, -0.25) is 0 Å². The molecule has 0 aliphatic rings. The minimum Gasteiger partial charge on any atom is -0.494 e. The van der Waals surface area contributed by atoms with Crippen molar-refractivity contribution in [1.82, 2.24) is 0 Å². The number of unbranched alkanes of at least 4 members (excludes halogenated alkanes) is 1. The molecule has 0 saturated heterocycles.